The predicted octanol–water partition coefficient (Wildman–Crippen LogP) is 0.474. The Hall–Kier alpha value is -2.55. The highest BCUT2D eigenvalue weighted by molar-refractivity contribution is 7.80. The molecule has 1 unspecified atom stereocenters. The molecule has 9 heteroatoms. The third-order valence-corrected chi connectivity index (χ3v) is 3.07. The number of Topliss-reactive ketones (excluding diaryl/α,β-unsaturated/α-hetero) is 1. The lowest BCUT2D eigenvalue weighted by Crippen LogP contribution is -2.49. The molecule has 21 heavy (non-hydrogen) atoms. The number of hydrazine groups is 1. The van der Waals surface area contributed by atoms with Crippen LogP contribution in [0.3, 0.4) is 0 Å². The maximum atomic E-state index is 12.0. The Morgan fingerprint density at radius 3 is 2.62 bits per heavy atom. The van der Waals surface area contributed by atoms with Crippen molar-refractivity contribution < 1.29 is 14.5 Å². The van der Waals surface area contributed by atoms with Crippen LogP contribution in [0.25, 0.3) is 0 Å². The van der Waals surface area contributed by atoms with E-state index in [0.717, 1.165) is 5.01 Å². The molecule has 0 aliphatic heterocycles. The van der Waals surface area contributed by atoms with E-state index >= 15 is 0 Å². The monoisotopic (exact) mass is 310 g/mol. The first-order valence-electron chi connectivity index (χ1n) is 5.86. The average Bonchev–Trinajstić information content (AvgIpc) is 2.45. The highest BCUT2D eigenvalue weighted by Gasteiger charge is 2.25. The number of nitro benzene ring substituents is 1. The van der Waals surface area contributed by atoms with Crippen molar-refractivity contribution in [3.8, 4) is 0 Å². The van der Waals surface area contributed by atoms with Gasteiger partial charge in [-0.1, -0.05) is 19.1 Å². The number of thiocarbonyl (C=S) groups is 1. The Labute approximate surface area is 126 Å². The Morgan fingerprint density at radius 1 is 1.48 bits per heavy atom. The Kier molecular flexibility index (Phi) is 5.30. The van der Waals surface area contributed by atoms with Gasteiger partial charge in [-0.05, 0) is 17.8 Å². The molecule has 0 aromatic heterocycles. The van der Waals surface area contributed by atoms with Crippen LogP contribution in [-0.2, 0) is 9.59 Å². The van der Waals surface area contributed by atoms with E-state index in [0.29, 0.717) is 5.56 Å². The molecule has 0 spiro atoms. The van der Waals surface area contributed by atoms with Crippen molar-refractivity contribution >= 4 is 34.7 Å². The van der Waals surface area contributed by atoms with E-state index in [1.54, 1.807) is 6.07 Å². The van der Waals surface area contributed by atoms with E-state index in [1.165, 1.54) is 32.2 Å². The maximum Gasteiger partial charge on any atom is 0.306 e. The van der Waals surface area contributed by atoms with Crippen LogP contribution in [0, 0.1) is 10.1 Å². The number of carbonyl (C=O) groups excluding carboxylic acids is 2. The fraction of sp³-hybridized carbons (Fsp3) is 0.250. The minimum atomic E-state index is -0.899. The molecule has 112 valence electrons. The number of rotatable bonds is 4. The van der Waals surface area contributed by atoms with Crippen molar-refractivity contribution in [2.24, 2.45) is 5.73 Å². The summed E-state index contributed by atoms with van der Waals surface area (Å²) in [7, 11) is 1.39. The number of hydrogen-bond donors (Lipinski definition) is 2. The zero-order chi connectivity index (χ0) is 16.2. The number of nitrogens with one attached hydrogen (secondary N) is 1. The number of nitrogens with two attached hydrogens (primary N) is 1. The summed E-state index contributed by atoms with van der Waals surface area (Å²) >= 11 is 4.63. The lowest BCUT2D eigenvalue weighted by atomic mass is 9.96. The second kappa shape index (κ2) is 6.75. The molecule has 0 saturated carbocycles. The molecule has 1 amide bonds. The first-order valence-corrected chi connectivity index (χ1v) is 6.27. The summed E-state index contributed by atoms with van der Waals surface area (Å²) in [6.45, 7) is 1.49. The predicted molar refractivity (Wildman–Crippen MR) is 79.2 cm³/mol. The van der Waals surface area contributed by atoms with Crippen molar-refractivity contribution in [3.05, 3.63) is 39.9 Å². The van der Waals surface area contributed by atoms with E-state index in [1.807, 2.05) is 0 Å². The van der Waals surface area contributed by atoms with Crippen molar-refractivity contribution in [1.29, 1.82) is 0 Å². The highest BCUT2D eigenvalue weighted by Crippen LogP contribution is 2.21. The van der Waals surface area contributed by atoms with Gasteiger partial charge in [0, 0.05) is 19.2 Å². The van der Waals surface area contributed by atoms with Crippen LogP contribution >= 0.6 is 12.2 Å². The van der Waals surface area contributed by atoms with Crippen LogP contribution in [-0.4, -0.2) is 33.8 Å². The van der Waals surface area contributed by atoms with Gasteiger partial charge in [-0.3, -0.25) is 30.1 Å². The number of hydrogen-bond acceptors (Lipinski definition) is 5. The van der Waals surface area contributed by atoms with E-state index < -0.39 is 22.5 Å². The number of benzene rings is 1. The highest BCUT2D eigenvalue weighted by atomic mass is 32.1. The zero-order valence-corrected chi connectivity index (χ0v) is 12.2. The summed E-state index contributed by atoms with van der Waals surface area (Å²) in [5.41, 5.74) is 7.72. The van der Waals surface area contributed by atoms with E-state index in [4.69, 9.17) is 5.73 Å². The van der Waals surface area contributed by atoms with Gasteiger partial charge in [0.25, 0.3) is 5.69 Å². The van der Waals surface area contributed by atoms with Gasteiger partial charge in [0.1, 0.15) is 0 Å². The first-order chi connectivity index (χ1) is 9.73. The van der Waals surface area contributed by atoms with Crippen molar-refractivity contribution in [1.82, 2.24) is 10.4 Å². The van der Waals surface area contributed by atoms with Gasteiger partial charge < -0.3 is 5.73 Å². The van der Waals surface area contributed by atoms with Gasteiger partial charge in [0.2, 0.25) is 5.78 Å². The SMILES string of the molecule is CC(C(=O)C(=O)NN(C)C(N)=S)c1cccc([N+](=O)[O-])c1. The number of non-ortho nitro benzene ring substituents is 1. The van der Waals surface area contributed by atoms with Crippen molar-refractivity contribution in [2.45, 2.75) is 12.8 Å². The second-order valence-electron chi connectivity index (χ2n) is 4.28. The normalized spacial score (nSPS) is 11.3. The Balaban J connectivity index is 2.87. The molecule has 0 saturated heterocycles. The Morgan fingerprint density at radius 2 is 2.10 bits per heavy atom. The maximum absolute atomic E-state index is 12.0. The molecular formula is C12H14N4O4S. The molecule has 0 heterocycles. The lowest BCUT2D eigenvalue weighted by Gasteiger charge is -2.18. The van der Waals surface area contributed by atoms with Crippen LogP contribution in [0.5, 0.6) is 0 Å². The second-order valence-corrected chi connectivity index (χ2v) is 4.69. The van der Waals surface area contributed by atoms with Gasteiger partial charge in [-0.25, -0.2) is 0 Å². The van der Waals surface area contributed by atoms with Gasteiger partial charge in [0.15, 0.2) is 5.11 Å². The van der Waals surface area contributed by atoms with Gasteiger partial charge >= 0.3 is 5.91 Å². The quantitative estimate of drug-likeness (QED) is 0.359. The fourth-order valence-electron chi connectivity index (χ4n) is 1.52. The molecule has 0 radical (unpaired) electrons. The number of amides is 1. The summed E-state index contributed by atoms with van der Waals surface area (Å²) in [6.07, 6.45) is 0. The molecule has 0 aliphatic carbocycles. The van der Waals surface area contributed by atoms with E-state index in [2.05, 4.69) is 17.6 Å². The summed E-state index contributed by atoms with van der Waals surface area (Å²) in [5, 5.41) is 11.6. The molecule has 0 fully saturated rings. The van der Waals surface area contributed by atoms with Gasteiger partial charge in [-0.15, -0.1) is 0 Å². The number of ketones is 1. The topological polar surface area (TPSA) is 119 Å². The summed E-state index contributed by atoms with van der Waals surface area (Å²) in [5.74, 6) is -2.48. The number of nitro groups is 1. The third-order valence-electron chi connectivity index (χ3n) is 2.80. The molecular weight excluding hydrogens is 296 g/mol. The molecule has 8 nitrogen and oxygen atoms in total. The van der Waals surface area contributed by atoms with Crippen LogP contribution in [0.1, 0.15) is 18.4 Å². The first kappa shape index (κ1) is 16.5. The third kappa shape index (κ3) is 4.21. The van der Waals surface area contributed by atoms with Gasteiger partial charge in [0.05, 0.1) is 10.8 Å². The van der Waals surface area contributed by atoms with Crippen LogP contribution in [0.2, 0.25) is 0 Å². The van der Waals surface area contributed by atoms with Crippen LogP contribution in [0.15, 0.2) is 24.3 Å². The smallest absolute Gasteiger partial charge is 0.306 e. The molecule has 1 aromatic rings. The minimum Gasteiger partial charge on any atom is -0.375 e. The minimum absolute atomic E-state index is 0.0980. The molecule has 1 rings (SSSR count). The molecule has 3 N–H and O–H groups in total. The van der Waals surface area contributed by atoms with E-state index in [-0.39, 0.29) is 10.8 Å². The number of nitrogens with zero attached hydrogens (tertiary/aromatic N) is 2. The number of carbonyl (C=O) groups is 2. The van der Waals surface area contributed by atoms with Crippen molar-refractivity contribution in [3.63, 3.8) is 0 Å². The zero-order valence-electron chi connectivity index (χ0n) is 11.4. The standard InChI is InChI=1S/C12H14N4O4S/c1-7(8-4-3-5-9(6-8)16(19)20)10(17)11(18)14-15(2)12(13)21/h3-7H,1-2H3,(H2,13,21)(H,14,18). The largest absolute Gasteiger partial charge is 0.375 e. The van der Waals surface area contributed by atoms with E-state index in [9.17, 15) is 19.7 Å². The molecule has 0 bridgehead atoms. The lowest BCUT2D eigenvalue weighted by molar-refractivity contribution is -0.384. The molecule has 0 aliphatic rings. The fourth-order valence-corrected chi connectivity index (χ4v) is 1.56. The molecule has 1 aromatic carbocycles. The average molecular weight is 310 g/mol. The van der Waals surface area contributed by atoms with Crippen molar-refractivity contribution in [2.75, 3.05) is 7.05 Å². The summed E-state index contributed by atoms with van der Waals surface area (Å²) in [6, 6.07) is 5.56. The van der Waals surface area contributed by atoms with Crippen LogP contribution in [0.4, 0.5) is 5.69 Å². The van der Waals surface area contributed by atoms with Gasteiger partial charge in [-0.2, -0.15) is 0 Å². The Bertz CT molecular complexity index is 605. The molecule has 1 atom stereocenters. The summed E-state index contributed by atoms with van der Waals surface area (Å²) in [4.78, 5) is 33.9. The summed E-state index contributed by atoms with van der Waals surface area (Å²) < 4.78 is 0. The van der Waals surface area contributed by atoms with Crippen LogP contribution < -0.4 is 11.2 Å².